The summed E-state index contributed by atoms with van der Waals surface area (Å²) in [6.07, 6.45) is -10.1. The van der Waals surface area contributed by atoms with E-state index in [1.807, 2.05) is 0 Å². The Kier molecular flexibility index (Phi) is 56.0. The molecule has 0 bridgehead atoms. The molecular weight excluding hydrogens is 1920 g/mol. The zero-order chi connectivity index (χ0) is 110. The average Bonchev–Trinajstić information content (AvgIpc) is 1.64. The number of carboxylic acids is 3. The molecule has 20 amide bonds. The number of aliphatic carboxylic acids is 3. The second-order valence-corrected chi connectivity index (χ2v) is 37.9. The van der Waals surface area contributed by atoms with Gasteiger partial charge in [-0.1, -0.05) is 69.2 Å². The van der Waals surface area contributed by atoms with Gasteiger partial charge in [-0.25, -0.2) is 4.79 Å². The van der Waals surface area contributed by atoms with E-state index in [1.54, 1.807) is 55.4 Å². The molecule has 2 aliphatic heterocycles. The summed E-state index contributed by atoms with van der Waals surface area (Å²) in [5, 5.41) is 132. The molecule has 0 aromatic rings. The average molecular weight is 2070 g/mol. The number of carboxylic acid groups (broad SMARTS) is 3. The molecule has 0 aliphatic carbocycles. The number of nitrogens with one attached hydrogen (secondary N) is 19. The summed E-state index contributed by atoms with van der Waals surface area (Å²) in [6.45, 7) is 17.0. The summed E-state index contributed by atoms with van der Waals surface area (Å²) in [6, 6.07) is -27.0. The third kappa shape index (κ3) is 45.4. The SMILES string of the molecule is CC(C)C[C@H](NC(=O)[C@H](CCCNC(=N)N)NC(=O)CNC(=O)CNC(=O)[C@H](CO)NC(=O)[C@H](CCC(=O)O)NC(=O)[C@H](CCC(=O)O)NC(=O)[C@H](CC(C)C)NC(=O)[C@@H](N)CCC(N)=O)C(=O)N[C@H](C(=O)N[C@H](C(=O)N1CCC[C@H]1C(=O)NCC(=O)N[C@H](C(=O)N1CCC[C@H]1C(=O)N[C@@H](CC(C)C)C(=O)N[C@H](C(=O)N[C@@H](CC(C)C)C(=O)N[C@H](C(=O)N[C@@H](CS)C(=O)O)[C@@H](C)O)[C@@H](C)O)[C@@H](C)O)[C@@H](C)O)C(C)C. The lowest BCUT2D eigenvalue weighted by molar-refractivity contribution is -0.145. The van der Waals surface area contributed by atoms with E-state index in [0.29, 0.717) is 0 Å². The van der Waals surface area contributed by atoms with Crippen LogP contribution in [-0.2, 0) is 110 Å². The highest BCUT2D eigenvalue weighted by Crippen LogP contribution is 2.24. The Hall–Kier alpha value is -12.8. The van der Waals surface area contributed by atoms with Crippen LogP contribution in [0, 0.1) is 35.0 Å². The Morgan fingerprint density at radius 1 is 0.354 bits per heavy atom. The van der Waals surface area contributed by atoms with Crippen molar-refractivity contribution in [3.8, 4) is 0 Å². The predicted molar refractivity (Wildman–Crippen MR) is 513 cm³/mol. The van der Waals surface area contributed by atoms with Gasteiger partial charge < -0.3 is 164 Å². The summed E-state index contributed by atoms with van der Waals surface area (Å²) < 4.78 is 0. The molecular formula is C88H150N24O31S. The van der Waals surface area contributed by atoms with E-state index in [-0.39, 0.29) is 126 Å². The quantitative estimate of drug-likeness (QED) is 0.0116. The molecule has 0 aromatic carbocycles. The first kappa shape index (κ1) is 127. The Bertz CT molecular complexity index is 4450. The fourth-order valence-electron chi connectivity index (χ4n) is 15.0. The molecule has 2 saturated heterocycles. The molecule has 144 heavy (non-hydrogen) atoms. The van der Waals surface area contributed by atoms with E-state index in [0.717, 1.165) is 37.5 Å². The van der Waals surface area contributed by atoms with Gasteiger partial charge in [0.25, 0.3) is 0 Å². The number of hydrogen-bond acceptors (Lipinski definition) is 31. The van der Waals surface area contributed by atoms with E-state index in [4.69, 9.17) is 22.6 Å². The van der Waals surface area contributed by atoms with Crippen LogP contribution in [-0.4, -0.2) is 371 Å². The zero-order valence-electron chi connectivity index (χ0n) is 83.5. The number of carbonyl (C=O) groups is 23. The molecule has 56 heteroatoms. The summed E-state index contributed by atoms with van der Waals surface area (Å²) in [5.74, 6) is -27.8. The molecule has 2 aliphatic rings. The molecule has 814 valence electrons. The highest BCUT2D eigenvalue weighted by molar-refractivity contribution is 7.80. The molecule has 0 saturated carbocycles. The number of aliphatic hydroxyl groups excluding tert-OH is 5. The van der Waals surface area contributed by atoms with Crippen LogP contribution >= 0.6 is 12.6 Å². The maximum absolute atomic E-state index is 14.5. The third-order valence-electron chi connectivity index (χ3n) is 22.7. The molecule has 0 aromatic heterocycles. The van der Waals surface area contributed by atoms with Gasteiger partial charge in [-0.3, -0.25) is 111 Å². The Balaban J connectivity index is 2.27. The van der Waals surface area contributed by atoms with Gasteiger partial charge in [0.1, 0.15) is 96.7 Å². The van der Waals surface area contributed by atoms with E-state index in [2.05, 4.69) is 108 Å². The number of nitrogens with zero attached hydrogens (tertiary/aromatic N) is 2. The fraction of sp³-hybridized carbons (Fsp3) is 0.727. The van der Waals surface area contributed by atoms with Crippen molar-refractivity contribution in [1.29, 1.82) is 5.41 Å². The largest absolute Gasteiger partial charge is 0.481 e. The highest BCUT2D eigenvalue weighted by Gasteiger charge is 2.46. The standard InChI is InChI=1S/C88H150N24O31S/c1-39(2)30-52(100-71(126)48(89)21-24-60(90)118)76(131)99-50(22-25-64(122)123)74(129)98-51(23-26-65(124)125)75(130)104-56(37-113)72(127)95-34-61(119)94-35-62(120)97-49(18-15-27-93-88(91)92)73(128)101-53(31-40(3)4)77(132)107-66(43(9)10)82(137)110-70(47(14)117)86(141)111-28-16-19-58(111)80(135)96-36-63(121)106-69(46(13)116)85(140)112-29-17-20-59(112)81(136)102-54(32-41(5)6)78(133)108-67(44(11)114)83(138)103-55(33-42(7)8)79(134)109-68(45(12)115)84(139)105-57(38-144)87(142)143/h39-59,66-70,113-117,144H,15-38,89H2,1-14H3,(H2,90,118)(H,94,119)(H,95,127)(H,96,135)(H,97,120)(H,98,129)(H,99,131)(H,100,126)(H,101,128)(H,102,136)(H,103,138)(H,104,130)(H,105,139)(H,106,121)(H,107,132)(H,108,133)(H,109,134)(H,110,137)(H,122,123)(H,124,125)(H,142,143)(H4,91,92,93)/t44-,45-,46-,47-,48+,49+,50+,51+,52+,53+,54+,55+,56+,57+,58+,59+,66+,67+,68+,69+,70+/m1/s1. The van der Waals surface area contributed by atoms with Crippen LogP contribution in [0.1, 0.15) is 200 Å². The van der Waals surface area contributed by atoms with Gasteiger partial charge in [-0.2, -0.15) is 12.6 Å². The number of guanidine groups is 1. The van der Waals surface area contributed by atoms with Gasteiger partial charge in [-0.05, 0) is 141 Å². The van der Waals surface area contributed by atoms with Gasteiger partial charge >= 0.3 is 17.9 Å². The summed E-state index contributed by atoms with van der Waals surface area (Å²) in [5.41, 5.74) is 16.5. The van der Waals surface area contributed by atoms with Crippen molar-refractivity contribution in [2.45, 2.75) is 327 Å². The number of aliphatic hydroxyl groups is 5. The second kappa shape index (κ2) is 63.4. The van der Waals surface area contributed by atoms with Gasteiger partial charge in [0, 0.05) is 44.6 Å². The van der Waals surface area contributed by atoms with Crippen LogP contribution in [0.15, 0.2) is 0 Å². The van der Waals surface area contributed by atoms with E-state index >= 15 is 0 Å². The highest BCUT2D eigenvalue weighted by atomic mass is 32.1. The van der Waals surface area contributed by atoms with Crippen molar-refractivity contribution < 1.29 is 151 Å². The van der Waals surface area contributed by atoms with Crippen molar-refractivity contribution in [1.82, 2.24) is 106 Å². The summed E-state index contributed by atoms with van der Waals surface area (Å²) >= 11 is 3.91. The number of hydrogen-bond donors (Lipinski definition) is 31. The molecule has 21 atom stereocenters. The van der Waals surface area contributed by atoms with Crippen molar-refractivity contribution >= 4 is 155 Å². The van der Waals surface area contributed by atoms with Crippen molar-refractivity contribution in [3.05, 3.63) is 0 Å². The smallest absolute Gasteiger partial charge is 0.327 e. The van der Waals surface area contributed by atoms with Crippen molar-refractivity contribution in [3.63, 3.8) is 0 Å². The van der Waals surface area contributed by atoms with Gasteiger partial charge in [-0.15, -0.1) is 0 Å². The molecule has 0 unspecified atom stereocenters. The number of nitrogens with two attached hydrogens (primary N) is 3. The fourth-order valence-corrected chi connectivity index (χ4v) is 15.3. The van der Waals surface area contributed by atoms with Crippen molar-refractivity contribution in [2.24, 2.45) is 46.8 Å². The molecule has 33 N–H and O–H groups in total. The lowest BCUT2D eigenvalue weighted by Crippen LogP contribution is -2.63. The lowest BCUT2D eigenvalue weighted by Gasteiger charge is -2.32. The van der Waals surface area contributed by atoms with Gasteiger partial charge in [0.2, 0.25) is 118 Å². The first-order chi connectivity index (χ1) is 67.2. The maximum atomic E-state index is 14.5. The molecule has 55 nitrogen and oxygen atoms in total. The first-order valence-corrected chi connectivity index (χ1v) is 48.2. The van der Waals surface area contributed by atoms with Crippen LogP contribution in [0.25, 0.3) is 0 Å². The monoisotopic (exact) mass is 2070 g/mol. The van der Waals surface area contributed by atoms with Gasteiger partial charge in [0.05, 0.1) is 56.7 Å². The molecule has 2 fully saturated rings. The minimum Gasteiger partial charge on any atom is -0.481 e. The van der Waals surface area contributed by atoms with Crippen LogP contribution in [0.2, 0.25) is 0 Å². The molecule has 0 radical (unpaired) electrons. The van der Waals surface area contributed by atoms with Crippen LogP contribution in [0.5, 0.6) is 0 Å². The van der Waals surface area contributed by atoms with E-state index in [1.165, 1.54) is 13.8 Å². The molecule has 2 rings (SSSR count). The number of likely N-dealkylation sites (tertiary alicyclic amines) is 2. The zero-order valence-corrected chi connectivity index (χ0v) is 84.4. The number of thiol groups is 1. The van der Waals surface area contributed by atoms with Crippen molar-refractivity contribution in [2.75, 3.05) is 51.6 Å². The van der Waals surface area contributed by atoms with E-state index in [9.17, 15) is 151 Å². The van der Waals surface area contributed by atoms with Crippen LogP contribution in [0.4, 0.5) is 0 Å². The normalized spacial score (nSPS) is 17.4. The number of primary amides is 1. The number of carbonyl (C=O) groups excluding carboxylic acids is 20. The Labute approximate surface area is 838 Å². The summed E-state index contributed by atoms with van der Waals surface area (Å²) in [7, 11) is 0. The predicted octanol–water partition coefficient (Wildman–Crippen LogP) is -10.9. The minimum atomic E-state index is -1.94. The first-order valence-electron chi connectivity index (χ1n) is 47.6. The number of rotatable bonds is 65. The van der Waals surface area contributed by atoms with E-state index < -0.39 is 327 Å². The summed E-state index contributed by atoms with van der Waals surface area (Å²) in [4.78, 5) is 312. The Morgan fingerprint density at radius 2 is 0.694 bits per heavy atom. The third-order valence-corrected chi connectivity index (χ3v) is 23.0. The van der Waals surface area contributed by atoms with Crippen LogP contribution in [0.3, 0.4) is 0 Å². The molecule has 0 spiro atoms. The minimum absolute atomic E-state index is 0.00809. The topological polar surface area (TPSA) is 879 Å². The maximum Gasteiger partial charge on any atom is 0.327 e. The van der Waals surface area contributed by atoms with Gasteiger partial charge in [0.15, 0.2) is 5.96 Å². The second-order valence-electron chi connectivity index (χ2n) is 37.6. The van der Waals surface area contributed by atoms with Crippen LogP contribution < -0.4 is 113 Å². The Morgan fingerprint density at radius 3 is 1.09 bits per heavy atom. The number of amides is 20. The lowest BCUT2D eigenvalue weighted by atomic mass is 9.98. The molecule has 2 heterocycles.